The fraction of sp³-hybridized carbons (Fsp3) is 1.00. The van der Waals surface area contributed by atoms with Crippen molar-refractivity contribution in [2.24, 2.45) is 39.3 Å². The van der Waals surface area contributed by atoms with Crippen molar-refractivity contribution in [2.45, 2.75) is 45.2 Å². The Morgan fingerprint density at radius 1 is 0.929 bits per heavy atom. The molecule has 0 amide bonds. The minimum atomic E-state index is 0.386. The topological polar surface area (TPSA) is 24.7 Å². The Balaban J connectivity index is 1.83. The highest BCUT2D eigenvalue weighted by molar-refractivity contribution is 5.19. The molecule has 0 aromatic rings. The Morgan fingerprint density at radius 2 is 1.43 bits per heavy atom. The van der Waals surface area contributed by atoms with Crippen molar-refractivity contribution in [1.29, 1.82) is 0 Å². The Labute approximate surface area is 85.2 Å². The molecular weight excluding hydrogens is 172 g/mol. The first-order chi connectivity index (χ1) is 6.69. The molecule has 14 heavy (non-hydrogen) atoms. The van der Waals surface area contributed by atoms with Gasteiger partial charge in [0, 0.05) is 5.41 Å². The maximum Gasteiger partial charge on any atom is 0.0814 e. The quantitative estimate of drug-likeness (QED) is 0.525. The van der Waals surface area contributed by atoms with Gasteiger partial charge in [-0.15, -0.1) is 0 Å². The van der Waals surface area contributed by atoms with Gasteiger partial charge in [-0.05, 0) is 42.9 Å². The molecular formula is C12H18N2. The zero-order valence-corrected chi connectivity index (χ0v) is 8.98. The molecule has 0 saturated heterocycles. The highest BCUT2D eigenvalue weighted by atomic mass is 15.2. The van der Waals surface area contributed by atoms with Gasteiger partial charge in [0.15, 0.2) is 0 Å². The molecule has 0 radical (unpaired) electrons. The lowest BCUT2D eigenvalue weighted by Gasteiger charge is -2.29. The van der Waals surface area contributed by atoms with E-state index in [4.69, 9.17) is 0 Å². The van der Waals surface area contributed by atoms with Gasteiger partial charge in [-0.3, -0.25) is 0 Å². The van der Waals surface area contributed by atoms with Gasteiger partial charge in [0.2, 0.25) is 0 Å². The normalized spacial score (nSPS) is 61.0. The van der Waals surface area contributed by atoms with Crippen molar-refractivity contribution in [3.8, 4) is 0 Å². The lowest BCUT2D eigenvalue weighted by molar-refractivity contribution is 0.209. The van der Waals surface area contributed by atoms with E-state index in [1.807, 2.05) is 0 Å². The Kier molecular flexibility index (Phi) is 1.16. The molecule has 4 aliphatic rings. The number of nitrogens with zero attached hydrogens (tertiary/aromatic N) is 2. The third-order valence-corrected chi connectivity index (χ3v) is 5.62. The predicted octanol–water partition coefficient (Wildman–Crippen LogP) is 2.89. The van der Waals surface area contributed by atoms with Crippen LogP contribution < -0.4 is 0 Å². The van der Waals surface area contributed by atoms with E-state index >= 15 is 0 Å². The monoisotopic (exact) mass is 190 g/mol. The third-order valence-electron chi connectivity index (χ3n) is 5.62. The van der Waals surface area contributed by atoms with Crippen LogP contribution in [0, 0.1) is 29.1 Å². The second-order valence-electron chi connectivity index (χ2n) is 6.43. The van der Waals surface area contributed by atoms with Crippen LogP contribution >= 0.6 is 0 Å². The van der Waals surface area contributed by atoms with Crippen LogP contribution in [-0.2, 0) is 0 Å². The largest absolute Gasteiger partial charge is 0.190 e. The minimum absolute atomic E-state index is 0.386. The second kappa shape index (κ2) is 2.07. The van der Waals surface area contributed by atoms with E-state index < -0.39 is 0 Å². The Morgan fingerprint density at radius 3 is 1.93 bits per heavy atom. The van der Waals surface area contributed by atoms with E-state index in [1.165, 1.54) is 19.3 Å². The molecule has 1 aliphatic heterocycles. The van der Waals surface area contributed by atoms with E-state index in [0.29, 0.717) is 17.5 Å². The fourth-order valence-corrected chi connectivity index (χ4v) is 5.08. The van der Waals surface area contributed by atoms with Gasteiger partial charge in [0.05, 0.1) is 12.1 Å². The maximum absolute atomic E-state index is 4.54. The Bertz CT molecular complexity index is 292. The molecule has 4 rings (SSSR count). The first kappa shape index (κ1) is 7.84. The van der Waals surface area contributed by atoms with Crippen LogP contribution in [-0.4, -0.2) is 12.1 Å². The maximum atomic E-state index is 4.54. The molecule has 0 spiro atoms. The zero-order valence-electron chi connectivity index (χ0n) is 8.98. The first-order valence-electron chi connectivity index (χ1n) is 6.09. The number of azo groups is 1. The average molecular weight is 190 g/mol. The van der Waals surface area contributed by atoms with Crippen molar-refractivity contribution in [3.63, 3.8) is 0 Å². The fourth-order valence-electron chi connectivity index (χ4n) is 5.08. The number of hydrogen-bond donors (Lipinski definition) is 0. The second-order valence-corrected chi connectivity index (χ2v) is 6.43. The summed E-state index contributed by atoms with van der Waals surface area (Å²) in [6, 6.07) is 1.15. The minimum Gasteiger partial charge on any atom is -0.190 e. The molecule has 4 bridgehead atoms. The third kappa shape index (κ3) is 0.627. The molecule has 1 heterocycles. The lowest BCUT2D eigenvalue weighted by Crippen LogP contribution is -2.29. The van der Waals surface area contributed by atoms with Crippen molar-refractivity contribution < 1.29 is 0 Å². The SMILES string of the molecule is CC1(C)[C@@H]2N=N[C@H]1[C@H]1[C@@H]3CC[C@@H](C3)[C@H]12. The summed E-state index contributed by atoms with van der Waals surface area (Å²) < 4.78 is 0. The molecule has 2 heteroatoms. The van der Waals surface area contributed by atoms with Crippen LogP contribution in [0.2, 0.25) is 0 Å². The van der Waals surface area contributed by atoms with Gasteiger partial charge in [-0.1, -0.05) is 13.8 Å². The highest BCUT2D eigenvalue weighted by Crippen LogP contribution is 2.66. The van der Waals surface area contributed by atoms with Gasteiger partial charge in [-0.2, -0.15) is 10.2 Å². The first-order valence-corrected chi connectivity index (χ1v) is 6.09. The molecule has 3 saturated carbocycles. The number of fused-ring (bicyclic) bond motifs is 9. The highest BCUT2D eigenvalue weighted by Gasteiger charge is 2.67. The molecule has 0 aromatic heterocycles. The molecule has 3 aliphatic carbocycles. The van der Waals surface area contributed by atoms with E-state index in [1.54, 1.807) is 0 Å². The van der Waals surface area contributed by atoms with Gasteiger partial charge in [-0.25, -0.2) is 0 Å². The van der Waals surface area contributed by atoms with Crippen molar-refractivity contribution in [2.75, 3.05) is 0 Å². The van der Waals surface area contributed by atoms with Gasteiger partial charge in [0.25, 0.3) is 0 Å². The predicted molar refractivity (Wildman–Crippen MR) is 54.0 cm³/mol. The lowest BCUT2D eigenvalue weighted by atomic mass is 9.79. The zero-order chi connectivity index (χ0) is 9.50. The summed E-state index contributed by atoms with van der Waals surface area (Å²) in [5, 5.41) is 9.09. The van der Waals surface area contributed by atoms with Gasteiger partial charge in [0.1, 0.15) is 0 Å². The molecule has 0 aromatic carbocycles. The molecule has 2 nitrogen and oxygen atoms in total. The Hall–Kier alpha value is -0.400. The van der Waals surface area contributed by atoms with E-state index in [-0.39, 0.29) is 0 Å². The average Bonchev–Trinajstić information content (AvgIpc) is 2.84. The van der Waals surface area contributed by atoms with Gasteiger partial charge < -0.3 is 0 Å². The summed E-state index contributed by atoms with van der Waals surface area (Å²) in [7, 11) is 0. The summed E-state index contributed by atoms with van der Waals surface area (Å²) in [5.41, 5.74) is 0.386. The summed E-state index contributed by atoms with van der Waals surface area (Å²) in [6.07, 6.45) is 4.48. The summed E-state index contributed by atoms with van der Waals surface area (Å²) in [6.45, 7) is 4.78. The summed E-state index contributed by atoms with van der Waals surface area (Å²) in [4.78, 5) is 0. The van der Waals surface area contributed by atoms with Crippen LogP contribution in [0.3, 0.4) is 0 Å². The number of hydrogen-bond acceptors (Lipinski definition) is 2. The van der Waals surface area contributed by atoms with Crippen LogP contribution in [0.1, 0.15) is 33.1 Å². The van der Waals surface area contributed by atoms with E-state index in [0.717, 1.165) is 23.7 Å². The van der Waals surface area contributed by atoms with Crippen LogP contribution in [0.4, 0.5) is 0 Å². The summed E-state index contributed by atoms with van der Waals surface area (Å²) in [5.74, 6) is 3.87. The molecule has 0 N–H and O–H groups in total. The van der Waals surface area contributed by atoms with E-state index in [9.17, 15) is 0 Å². The van der Waals surface area contributed by atoms with Crippen molar-refractivity contribution in [1.82, 2.24) is 0 Å². The van der Waals surface area contributed by atoms with Crippen LogP contribution in [0.15, 0.2) is 10.2 Å². The summed E-state index contributed by atoms with van der Waals surface area (Å²) >= 11 is 0. The van der Waals surface area contributed by atoms with Crippen LogP contribution in [0.5, 0.6) is 0 Å². The van der Waals surface area contributed by atoms with Crippen LogP contribution in [0.25, 0.3) is 0 Å². The molecule has 76 valence electrons. The molecule has 3 fully saturated rings. The van der Waals surface area contributed by atoms with E-state index in [2.05, 4.69) is 24.1 Å². The molecule has 0 unspecified atom stereocenters. The van der Waals surface area contributed by atoms with Gasteiger partial charge >= 0.3 is 0 Å². The van der Waals surface area contributed by atoms with Crippen molar-refractivity contribution >= 4 is 0 Å². The molecule has 6 atom stereocenters. The standard InChI is InChI=1S/C12H18N2/c1-12(2)10-8-6-3-4-7(5-6)9(8)11(12)14-13-10/h6-11H,3-5H2,1-2H3/t6-,7+,8+,9-,10+,11-. The number of rotatable bonds is 0. The van der Waals surface area contributed by atoms with Crippen molar-refractivity contribution in [3.05, 3.63) is 0 Å². The smallest absolute Gasteiger partial charge is 0.0814 e.